The molecule has 32 heavy (non-hydrogen) atoms. The fourth-order valence-electron chi connectivity index (χ4n) is 4.95. The molecule has 1 nitrogen and oxygen atoms in total. The summed E-state index contributed by atoms with van der Waals surface area (Å²) in [4.78, 5) is 2.42. The lowest BCUT2D eigenvalue weighted by Crippen LogP contribution is -2.12. The largest absolute Gasteiger partial charge is 0.310 e. The quantitative estimate of drug-likeness (QED) is 0.320. The molecule has 0 atom stereocenters. The zero-order valence-corrected chi connectivity index (χ0v) is 19.1. The number of nitrogens with zero attached hydrogens (tertiary/aromatic N) is 1. The van der Waals surface area contributed by atoms with Crippen LogP contribution in [0.1, 0.15) is 48.8 Å². The molecule has 0 heterocycles. The first-order valence-electron chi connectivity index (χ1n) is 11.8. The monoisotopic (exact) mass is 417 g/mol. The van der Waals surface area contributed by atoms with Gasteiger partial charge in [-0.2, -0.15) is 0 Å². The number of rotatable bonds is 4. The Hall–Kier alpha value is -3.32. The molecular weight excluding hydrogens is 386 g/mol. The first-order chi connectivity index (χ1) is 15.7. The first-order valence-corrected chi connectivity index (χ1v) is 11.8. The van der Waals surface area contributed by atoms with Crippen LogP contribution in [0.3, 0.4) is 0 Å². The van der Waals surface area contributed by atoms with Gasteiger partial charge in [-0.05, 0) is 85.9 Å². The summed E-state index contributed by atoms with van der Waals surface area (Å²) in [7, 11) is 0. The summed E-state index contributed by atoms with van der Waals surface area (Å²) in [5.41, 5.74) is 9.20. The summed E-state index contributed by atoms with van der Waals surface area (Å²) < 4.78 is 0. The number of benzene rings is 4. The highest BCUT2D eigenvalue weighted by Gasteiger charge is 2.18. The molecule has 0 bridgehead atoms. The molecule has 1 aliphatic carbocycles. The van der Waals surface area contributed by atoms with Crippen molar-refractivity contribution >= 4 is 33.9 Å². The van der Waals surface area contributed by atoms with Crippen LogP contribution in [-0.2, 0) is 0 Å². The van der Waals surface area contributed by atoms with E-state index in [-0.39, 0.29) is 0 Å². The average molecular weight is 418 g/mol. The van der Waals surface area contributed by atoms with Crippen LogP contribution in [0, 0.1) is 13.8 Å². The summed E-state index contributed by atoms with van der Waals surface area (Å²) in [6.07, 6.45) is 8.98. The van der Waals surface area contributed by atoms with E-state index in [0.717, 1.165) is 0 Å². The van der Waals surface area contributed by atoms with Crippen molar-refractivity contribution in [3.8, 4) is 0 Å². The minimum Gasteiger partial charge on any atom is -0.310 e. The second-order valence-electron chi connectivity index (χ2n) is 9.01. The van der Waals surface area contributed by atoms with Gasteiger partial charge >= 0.3 is 0 Å². The second-order valence-corrected chi connectivity index (χ2v) is 9.01. The molecule has 0 N–H and O–H groups in total. The molecule has 0 aliphatic heterocycles. The van der Waals surface area contributed by atoms with Gasteiger partial charge in [-0.25, -0.2) is 0 Å². The Bertz CT molecular complexity index is 1240. The van der Waals surface area contributed by atoms with Gasteiger partial charge in [0.15, 0.2) is 0 Å². The molecule has 0 spiro atoms. The van der Waals surface area contributed by atoms with E-state index < -0.39 is 0 Å². The molecule has 1 saturated carbocycles. The van der Waals surface area contributed by atoms with E-state index in [1.54, 1.807) is 5.57 Å². The number of hydrogen-bond acceptors (Lipinski definition) is 1. The summed E-state index contributed by atoms with van der Waals surface area (Å²) >= 11 is 0. The smallest absolute Gasteiger partial charge is 0.0571 e. The molecular formula is C31H31N. The van der Waals surface area contributed by atoms with Crippen LogP contribution in [0.25, 0.3) is 16.8 Å². The van der Waals surface area contributed by atoms with Gasteiger partial charge in [-0.1, -0.05) is 78.7 Å². The van der Waals surface area contributed by atoms with Gasteiger partial charge in [0.25, 0.3) is 0 Å². The maximum atomic E-state index is 2.42. The van der Waals surface area contributed by atoms with Gasteiger partial charge in [0, 0.05) is 16.8 Å². The highest BCUT2D eigenvalue weighted by atomic mass is 15.1. The molecule has 5 rings (SSSR count). The Balaban J connectivity index is 1.64. The van der Waals surface area contributed by atoms with Crippen LogP contribution >= 0.6 is 0 Å². The molecule has 0 amide bonds. The Morgan fingerprint density at radius 2 is 1.34 bits per heavy atom. The third kappa shape index (κ3) is 4.08. The van der Waals surface area contributed by atoms with Gasteiger partial charge < -0.3 is 4.90 Å². The topological polar surface area (TPSA) is 3.24 Å². The maximum Gasteiger partial charge on any atom is 0.0571 e. The first kappa shape index (κ1) is 20.6. The summed E-state index contributed by atoms with van der Waals surface area (Å²) in [5, 5.41) is 2.57. The van der Waals surface area contributed by atoms with Crippen molar-refractivity contribution in [1.29, 1.82) is 0 Å². The molecule has 1 aliphatic rings. The molecule has 0 radical (unpaired) electrons. The van der Waals surface area contributed by atoms with Gasteiger partial charge in [-0.15, -0.1) is 0 Å². The maximum absolute atomic E-state index is 2.42. The van der Waals surface area contributed by atoms with E-state index in [0.29, 0.717) is 0 Å². The minimum absolute atomic E-state index is 1.18. The molecule has 1 heteroatoms. The standard InChI is InChI=1S/C31H31N/c1-23-21-27-13-9-10-16-30(27)31(24(23)2)32(28-14-7-4-8-15-28)29-19-17-26(18-20-29)22-25-11-5-3-6-12-25/h4,7-10,13-22H,3,5-6,11-12H2,1-2H3. The fraction of sp³-hybridized carbons (Fsp3) is 0.226. The predicted octanol–water partition coefficient (Wildman–Crippen LogP) is 9.27. The van der Waals surface area contributed by atoms with Crippen LogP contribution in [0.5, 0.6) is 0 Å². The van der Waals surface area contributed by atoms with E-state index in [1.807, 2.05) is 0 Å². The van der Waals surface area contributed by atoms with E-state index >= 15 is 0 Å². The van der Waals surface area contributed by atoms with Gasteiger partial charge in [-0.3, -0.25) is 0 Å². The number of allylic oxidation sites excluding steroid dienone is 1. The number of anilines is 3. The van der Waals surface area contributed by atoms with Crippen molar-refractivity contribution in [1.82, 2.24) is 0 Å². The molecule has 1 fully saturated rings. The van der Waals surface area contributed by atoms with Crippen LogP contribution in [0.15, 0.2) is 90.5 Å². The van der Waals surface area contributed by atoms with Crippen LogP contribution in [-0.4, -0.2) is 0 Å². The Kier molecular flexibility index (Phi) is 5.81. The van der Waals surface area contributed by atoms with E-state index in [4.69, 9.17) is 0 Å². The summed E-state index contributed by atoms with van der Waals surface area (Å²) in [6, 6.07) is 30.9. The normalized spacial score (nSPS) is 13.9. The Morgan fingerprint density at radius 3 is 2.09 bits per heavy atom. The number of para-hydroxylation sites is 1. The minimum atomic E-state index is 1.18. The average Bonchev–Trinajstić information content (AvgIpc) is 2.84. The van der Waals surface area contributed by atoms with Crippen LogP contribution in [0.4, 0.5) is 17.1 Å². The van der Waals surface area contributed by atoms with Crippen molar-refractivity contribution in [2.45, 2.75) is 46.0 Å². The molecule has 160 valence electrons. The third-order valence-corrected chi connectivity index (χ3v) is 6.79. The molecule has 0 saturated heterocycles. The fourth-order valence-corrected chi connectivity index (χ4v) is 4.95. The third-order valence-electron chi connectivity index (χ3n) is 6.79. The lowest BCUT2D eigenvalue weighted by molar-refractivity contribution is 0.602. The molecule has 0 aromatic heterocycles. The zero-order valence-electron chi connectivity index (χ0n) is 19.1. The lowest BCUT2D eigenvalue weighted by Gasteiger charge is -2.29. The van der Waals surface area contributed by atoms with Gasteiger partial charge in [0.1, 0.15) is 0 Å². The summed E-state index contributed by atoms with van der Waals surface area (Å²) in [5.74, 6) is 0. The van der Waals surface area contributed by atoms with E-state index in [2.05, 4.69) is 110 Å². The SMILES string of the molecule is Cc1cc2ccccc2c(N(c2ccccc2)c2ccc(C=C3CCCCC3)cc2)c1C. The second kappa shape index (κ2) is 9.04. The van der Waals surface area contributed by atoms with Crippen molar-refractivity contribution in [3.63, 3.8) is 0 Å². The highest BCUT2D eigenvalue weighted by molar-refractivity contribution is 6.01. The van der Waals surface area contributed by atoms with Crippen LogP contribution < -0.4 is 4.90 Å². The zero-order chi connectivity index (χ0) is 21.9. The lowest BCUT2D eigenvalue weighted by atomic mass is 9.93. The highest BCUT2D eigenvalue weighted by Crippen LogP contribution is 2.42. The van der Waals surface area contributed by atoms with Crippen molar-refractivity contribution in [2.24, 2.45) is 0 Å². The van der Waals surface area contributed by atoms with Gasteiger partial charge in [0.2, 0.25) is 0 Å². The number of fused-ring (bicyclic) bond motifs is 1. The van der Waals surface area contributed by atoms with E-state index in [1.165, 1.54) is 76.6 Å². The van der Waals surface area contributed by atoms with Crippen molar-refractivity contribution in [3.05, 3.63) is 107 Å². The molecule has 0 unspecified atom stereocenters. The Morgan fingerprint density at radius 1 is 0.688 bits per heavy atom. The van der Waals surface area contributed by atoms with Crippen molar-refractivity contribution in [2.75, 3.05) is 4.90 Å². The summed E-state index contributed by atoms with van der Waals surface area (Å²) in [6.45, 7) is 4.46. The predicted molar refractivity (Wildman–Crippen MR) is 139 cm³/mol. The number of aryl methyl sites for hydroxylation is 1. The van der Waals surface area contributed by atoms with Crippen molar-refractivity contribution < 1.29 is 0 Å². The Labute approximate surface area is 192 Å². The van der Waals surface area contributed by atoms with Crippen LogP contribution in [0.2, 0.25) is 0 Å². The number of hydrogen-bond donors (Lipinski definition) is 0. The van der Waals surface area contributed by atoms with Gasteiger partial charge in [0.05, 0.1) is 5.69 Å². The molecule has 4 aromatic carbocycles. The van der Waals surface area contributed by atoms with E-state index in [9.17, 15) is 0 Å². The molecule has 4 aromatic rings.